The van der Waals surface area contributed by atoms with E-state index in [9.17, 15) is 4.79 Å². The summed E-state index contributed by atoms with van der Waals surface area (Å²) in [6.45, 7) is 3.35. The molecular formula is C20H21N3O2. The Morgan fingerprint density at radius 1 is 1.40 bits per heavy atom. The van der Waals surface area contributed by atoms with Crippen LogP contribution in [-0.4, -0.2) is 35.1 Å². The summed E-state index contributed by atoms with van der Waals surface area (Å²) < 4.78 is 7.22. The predicted octanol–water partition coefficient (Wildman–Crippen LogP) is 3.24. The smallest absolute Gasteiger partial charge is 0.267 e. The number of hydrogen-bond acceptors (Lipinski definition) is 3. The van der Waals surface area contributed by atoms with Crippen molar-refractivity contribution >= 4 is 22.4 Å². The number of aryl methyl sites for hydroxylation is 1. The second kappa shape index (κ2) is 7.27. The Labute approximate surface area is 147 Å². The van der Waals surface area contributed by atoms with E-state index in [1.54, 1.807) is 4.90 Å². The van der Waals surface area contributed by atoms with E-state index < -0.39 is 0 Å². The maximum Gasteiger partial charge on any atom is 0.267 e. The average molecular weight is 335 g/mol. The highest BCUT2D eigenvalue weighted by Crippen LogP contribution is 2.30. The van der Waals surface area contributed by atoms with Gasteiger partial charge in [-0.2, -0.15) is 5.26 Å². The minimum absolute atomic E-state index is 0.0452. The molecule has 1 aromatic carbocycles. The monoisotopic (exact) mass is 335 g/mol. The van der Waals surface area contributed by atoms with Gasteiger partial charge in [-0.25, -0.2) is 0 Å². The second-order valence-corrected chi connectivity index (χ2v) is 6.00. The number of nitriles is 1. The van der Waals surface area contributed by atoms with Crippen LogP contribution in [0.3, 0.4) is 0 Å². The van der Waals surface area contributed by atoms with Gasteiger partial charge in [0.25, 0.3) is 5.91 Å². The van der Waals surface area contributed by atoms with Crippen LogP contribution in [0.15, 0.2) is 48.4 Å². The lowest BCUT2D eigenvalue weighted by atomic mass is 9.98. The van der Waals surface area contributed by atoms with E-state index in [0.717, 1.165) is 6.42 Å². The maximum absolute atomic E-state index is 12.4. The third-order valence-electron chi connectivity index (χ3n) is 4.46. The summed E-state index contributed by atoms with van der Waals surface area (Å²) >= 11 is 0. The van der Waals surface area contributed by atoms with Crippen molar-refractivity contribution in [2.24, 2.45) is 7.05 Å². The highest BCUT2D eigenvalue weighted by molar-refractivity contribution is 5.98. The third-order valence-corrected chi connectivity index (χ3v) is 4.46. The molecular weight excluding hydrogens is 314 g/mol. The van der Waals surface area contributed by atoms with E-state index in [2.05, 4.69) is 29.0 Å². The molecule has 2 aromatic rings. The standard InChI is InChI=1S/C20H21N3O2/c1-3-25-14-16(12-21)20(24)23-10-8-15(9-11-23)18-13-22(2)19-7-5-4-6-17(18)19/h4-8,13-14H,3,9-11H2,1-2H3. The highest BCUT2D eigenvalue weighted by atomic mass is 16.5. The number of aromatic nitrogens is 1. The number of benzene rings is 1. The number of nitrogens with zero attached hydrogens (tertiary/aromatic N) is 3. The number of fused-ring (bicyclic) bond motifs is 1. The zero-order valence-corrected chi connectivity index (χ0v) is 14.5. The quantitative estimate of drug-likeness (QED) is 0.490. The van der Waals surface area contributed by atoms with Crippen LogP contribution in [0.2, 0.25) is 0 Å². The molecule has 0 fully saturated rings. The first-order valence-electron chi connectivity index (χ1n) is 8.40. The molecule has 0 radical (unpaired) electrons. The molecule has 3 rings (SSSR count). The van der Waals surface area contributed by atoms with Crippen molar-refractivity contribution < 1.29 is 9.53 Å². The first kappa shape index (κ1) is 16.8. The van der Waals surface area contributed by atoms with E-state index in [4.69, 9.17) is 10.00 Å². The van der Waals surface area contributed by atoms with Crippen LogP contribution in [0.1, 0.15) is 18.9 Å². The topological polar surface area (TPSA) is 58.3 Å². The summed E-state index contributed by atoms with van der Waals surface area (Å²) in [4.78, 5) is 14.1. The number of para-hydroxylation sites is 1. The molecule has 5 heteroatoms. The van der Waals surface area contributed by atoms with E-state index in [-0.39, 0.29) is 11.5 Å². The zero-order valence-electron chi connectivity index (χ0n) is 14.5. The Morgan fingerprint density at radius 3 is 2.88 bits per heavy atom. The first-order valence-corrected chi connectivity index (χ1v) is 8.40. The predicted molar refractivity (Wildman–Crippen MR) is 97.4 cm³/mol. The summed E-state index contributed by atoms with van der Waals surface area (Å²) in [5, 5.41) is 10.4. The van der Waals surface area contributed by atoms with Crippen molar-refractivity contribution in [2.75, 3.05) is 19.7 Å². The molecule has 1 aliphatic rings. The lowest BCUT2D eigenvalue weighted by Gasteiger charge is -2.26. The maximum atomic E-state index is 12.4. The van der Waals surface area contributed by atoms with Crippen LogP contribution >= 0.6 is 0 Å². The van der Waals surface area contributed by atoms with Gasteiger partial charge in [0.15, 0.2) is 5.57 Å². The Morgan fingerprint density at radius 2 is 2.20 bits per heavy atom. The molecule has 128 valence electrons. The van der Waals surface area contributed by atoms with Gasteiger partial charge in [-0.05, 0) is 25.0 Å². The number of rotatable bonds is 4. The minimum atomic E-state index is -0.274. The van der Waals surface area contributed by atoms with Gasteiger partial charge in [0.2, 0.25) is 0 Å². The van der Waals surface area contributed by atoms with Crippen molar-refractivity contribution in [2.45, 2.75) is 13.3 Å². The van der Waals surface area contributed by atoms with Crippen LogP contribution in [0.4, 0.5) is 0 Å². The Balaban J connectivity index is 1.81. The van der Waals surface area contributed by atoms with Gasteiger partial charge in [-0.1, -0.05) is 24.3 Å². The van der Waals surface area contributed by atoms with Gasteiger partial charge in [0.1, 0.15) is 12.3 Å². The summed E-state index contributed by atoms with van der Waals surface area (Å²) in [7, 11) is 2.04. The number of carbonyl (C=O) groups excluding carboxylic acids is 1. The Bertz CT molecular complexity index is 899. The van der Waals surface area contributed by atoms with Gasteiger partial charge in [-0.15, -0.1) is 0 Å². The Hall–Kier alpha value is -3.00. The molecule has 1 aromatic heterocycles. The molecule has 1 aliphatic heterocycles. The van der Waals surface area contributed by atoms with Crippen molar-refractivity contribution in [3.63, 3.8) is 0 Å². The molecule has 5 nitrogen and oxygen atoms in total. The van der Waals surface area contributed by atoms with Crippen molar-refractivity contribution in [3.8, 4) is 6.07 Å². The fourth-order valence-corrected chi connectivity index (χ4v) is 3.16. The molecule has 0 aliphatic carbocycles. The molecule has 0 saturated carbocycles. The van der Waals surface area contributed by atoms with Crippen LogP contribution < -0.4 is 0 Å². The number of hydrogen-bond donors (Lipinski definition) is 0. The molecule has 0 saturated heterocycles. The van der Waals surface area contributed by atoms with Crippen LogP contribution in [0.5, 0.6) is 0 Å². The fraction of sp³-hybridized carbons (Fsp3) is 0.300. The molecule has 2 heterocycles. The minimum Gasteiger partial charge on any atom is -0.500 e. The molecule has 25 heavy (non-hydrogen) atoms. The number of amides is 1. The summed E-state index contributed by atoms with van der Waals surface area (Å²) in [5.74, 6) is -0.274. The molecule has 0 unspecified atom stereocenters. The van der Waals surface area contributed by atoms with Crippen LogP contribution in [0.25, 0.3) is 16.5 Å². The van der Waals surface area contributed by atoms with E-state index in [0.29, 0.717) is 19.7 Å². The van der Waals surface area contributed by atoms with Crippen LogP contribution in [0, 0.1) is 11.3 Å². The zero-order chi connectivity index (χ0) is 17.8. The highest BCUT2D eigenvalue weighted by Gasteiger charge is 2.22. The molecule has 0 spiro atoms. The van der Waals surface area contributed by atoms with Gasteiger partial charge < -0.3 is 14.2 Å². The van der Waals surface area contributed by atoms with E-state index in [1.807, 2.05) is 32.2 Å². The van der Waals surface area contributed by atoms with Gasteiger partial charge in [-0.3, -0.25) is 4.79 Å². The van der Waals surface area contributed by atoms with Gasteiger partial charge in [0, 0.05) is 42.8 Å². The SMILES string of the molecule is CCOC=C(C#N)C(=O)N1CC=C(c2cn(C)c3ccccc23)CC1. The van der Waals surface area contributed by atoms with E-state index >= 15 is 0 Å². The van der Waals surface area contributed by atoms with Crippen molar-refractivity contribution in [1.29, 1.82) is 5.26 Å². The molecule has 0 atom stereocenters. The number of ether oxygens (including phenoxy) is 1. The van der Waals surface area contributed by atoms with Crippen molar-refractivity contribution in [1.82, 2.24) is 9.47 Å². The fourth-order valence-electron chi connectivity index (χ4n) is 3.16. The third kappa shape index (κ3) is 3.29. The summed E-state index contributed by atoms with van der Waals surface area (Å²) in [6.07, 6.45) is 6.25. The average Bonchev–Trinajstić information content (AvgIpc) is 2.99. The molecule has 0 N–H and O–H groups in total. The second-order valence-electron chi connectivity index (χ2n) is 6.00. The lowest BCUT2D eigenvalue weighted by molar-refractivity contribution is -0.126. The molecule has 0 bridgehead atoms. The largest absolute Gasteiger partial charge is 0.500 e. The van der Waals surface area contributed by atoms with Gasteiger partial charge >= 0.3 is 0 Å². The molecule has 1 amide bonds. The van der Waals surface area contributed by atoms with Crippen molar-refractivity contribution in [3.05, 3.63) is 53.9 Å². The number of carbonyl (C=O) groups is 1. The summed E-state index contributed by atoms with van der Waals surface area (Å²) in [5.41, 5.74) is 3.70. The van der Waals surface area contributed by atoms with Crippen LogP contribution in [-0.2, 0) is 16.6 Å². The lowest BCUT2D eigenvalue weighted by Crippen LogP contribution is -2.35. The Kier molecular flexibility index (Phi) is 4.90. The summed E-state index contributed by atoms with van der Waals surface area (Å²) in [6, 6.07) is 10.2. The normalized spacial score (nSPS) is 15.0. The first-order chi connectivity index (χ1) is 12.2. The van der Waals surface area contributed by atoms with E-state index in [1.165, 1.54) is 28.3 Å². The van der Waals surface area contributed by atoms with Gasteiger partial charge in [0.05, 0.1) is 6.61 Å².